The van der Waals surface area contributed by atoms with Crippen molar-refractivity contribution in [2.45, 2.75) is 45.2 Å². The van der Waals surface area contributed by atoms with Crippen LogP contribution in [0.25, 0.3) is 5.65 Å². The summed E-state index contributed by atoms with van der Waals surface area (Å²) < 4.78 is 2.77. The number of pyridine rings is 1. The molecule has 0 unspecified atom stereocenters. The maximum Gasteiger partial charge on any atom is 0.350 e. The fourth-order valence-electron chi connectivity index (χ4n) is 2.18. The van der Waals surface area contributed by atoms with Crippen molar-refractivity contribution in [3.8, 4) is 0 Å². The minimum Gasteiger partial charge on any atom is -0.354 e. The minimum atomic E-state index is -0.365. The van der Waals surface area contributed by atoms with Crippen molar-refractivity contribution in [2.24, 2.45) is 5.73 Å². The molecule has 0 aliphatic heterocycles. The summed E-state index contributed by atoms with van der Waals surface area (Å²) in [7, 11) is 0. The van der Waals surface area contributed by atoms with Crippen molar-refractivity contribution in [2.75, 3.05) is 6.54 Å². The second-order valence-electron chi connectivity index (χ2n) is 5.53. The minimum absolute atomic E-state index is 0. The Labute approximate surface area is 141 Å². The van der Waals surface area contributed by atoms with Gasteiger partial charge in [-0.15, -0.1) is 17.5 Å². The Bertz CT molecular complexity index is 705. The van der Waals surface area contributed by atoms with Crippen LogP contribution in [-0.4, -0.2) is 32.2 Å². The van der Waals surface area contributed by atoms with Crippen LogP contribution >= 0.6 is 12.4 Å². The third kappa shape index (κ3) is 4.56. The lowest BCUT2D eigenvalue weighted by Crippen LogP contribution is -2.49. The molecule has 0 saturated heterocycles. The number of amides is 1. The van der Waals surface area contributed by atoms with E-state index in [0.29, 0.717) is 12.2 Å². The molecule has 3 N–H and O–H groups in total. The van der Waals surface area contributed by atoms with Crippen LogP contribution < -0.4 is 16.7 Å². The van der Waals surface area contributed by atoms with Crippen LogP contribution in [-0.2, 0) is 11.3 Å². The van der Waals surface area contributed by atoms with Gasteiger partial charge in [0.2, 0.25) is 5.91 Å². The third-order valence-corrected chi connectivity index (χ3v) is 4.08. The number of aryl methyl sites for hydroxylation is 1. The number of carbonyl (C=O) groups excluding carboxylic acids is 1. The standard InChI is InChI=1S/C15H23N5O2.ClH/c1-3-15(16,4-2)11-17-13(21)8-10-20-14(22)19-9-6-5-7-12(19)18-20;/h5-7,9H,3-4,8,10-11,16H2,1-2H3,(H,17,21);1H. The Morgan fingerprint density at radius 2 is 2.04 bits per heavy atom. The van der Waals surface area contributed by atoms with Crippen molar-refractivity contribution in [3.63, 3.8) is 0 Å². The largest absolute Gasteiger partial charge is 0.354 e. The second-order valence-corrected chi connectivity index (χ2v) is 5.53. The number of hydrogen-bond acceptors (Lipinski definition) is 4. The fraction of sp³-hybridized carbons (Fsp3) is 0.533. The number of nitrogens with two attached hydrogens (primary N) is 1. The lowest BCUT2D eigenvalue weighted by atomic mass is 9.94. The van der Waals surface area contributed by atoms with E-state index in [9.17, 15) is 9.59 Å². The van der Waals surface area contributed by atoms with E-state index in [4.69, 9.17) is 5.73 Å². The summed E-state index contributed by atoms with van der Waals surface area (Å²) in [6.07, 6.45) is 3.46. The predicted octanol–water partition coefficient (Wildman–Crippen LogP) is 0.942. The fourth-order valence-corrected chi connectivity index (χ4v) is 2.18. The SMILES string of the molecule is CCC(N)(CC)CNC(=O)CCn1nc2ccccn2c1=O.Cl. The van der Waals surface area contributed by atoms with E-state index in [-0.39, 0.29) is 42.5 Å². The molecule has 23 heavy (non-hydrogen) atoms. The van der Waals surface area contributed by atoms with Gasteiger partial charge in [-0.3, -0.25) is 9.20 Å². The Balaban J connectivity index is 0.00000264. The molecule has 0 aromatic carbocycles. The first-order chi connectivity index (χ1) is 10.5. The van der Waals surface area contributed by atoms with Crippen LogP contribution in [0.2, 0.25) is 0 Å². The molecule has 1 amide bonds. The number of carbonyl (C=O) groups is 1. The quantitative estimate of drug-likeness (QED) is 0.783. The first-order valence-electron chi connectivity index (χ1n) is 7.59. The van der Waals surface area contributed by atoms with Gasteiger partial charge in [-0.05, 0) is 25.0 Å². The van der Waals surface area contributed by atoms with Crippen LogP contribution in [0.5, 0.6) is 0 Å². The monoisotopic (exact) mass is 341 g/mol. The molecular weight excluding hydrogens is 318 g/mol. The van der Waals surface area contributed by atoms with Crippen molar-refractivity contribution in [3.05, 3.63) is 34.9 Å². The van der Waals surface area contributed by atoms with Crippen LogP contribution in [0.1, 0.15) is 33.1 Å². The molecule has 0 atom stereocenters. The van der Waals surface area contributed by atoms with Gasteiger partial charge in [0.25, 0.3) is 0 Å². The zero-order valence-electron chi connectivity index (χ0n) is 13.5. The zero-order chi connectivity index (χ0) is 16.2. The van der Waals surface area contributed by atoms with E-state index in [0.717, 1.165) is 12.8 Å². The number of aromatic nitrogens is 3. The number of halogens is 1. The normalized spacial score (nSPS) is 11.3. The van der Waals surface area contributed by atoms with Crippen molar-refractivity contribution in [1.29, 1.82) is 0 Å². The molecule has 0 aliphatic rings. The maximum absolute atomic E-state index is 12.1. The number of nitrogens with zero attached hydrogens (tertiary/aromatic N) is 3. The highest BCUT2D eigenvalue weighted by Crippen LogP contribution is 2.09. The average Bonchev–Trinajstić information content (AvgIpc) is 2.87. The number of hydrogen-bond donors (Lipinski definition) is 2. The zero-order valence-corrected chi connectivity index (χ0v) is 14.3. The molecule has 0 radical (unpaired) electrons. The number of nitrogens with one attached hydrogen (secondary N) is 1. The number of fused-ring (bicyclic) bond motifs is 1. The topological polar surface area (TPSA) is 94.4 Å². The summed E-state index contributed by atoms with van der Waals surface area (Å²) in [6, 6.07) is 5.34. The second kappa shape index (κ2) is 8.12. The molecular formula is C15H24ClN5O2. The van der Waals surface area contributed by atoms with E-state index in [1.807, 2.05) is 19.9 Å². The van der Waals surface area contributed by atoms with Gasteiger partial charge in [0.15, 0.2) is 5.65 Å². The highest BCUT2D eigenvalue weighted by Gasteiger charge is 2.20. The lowest BCUT2D eigenvalue weighted by molar-refractivity contribution is -0.121. The molecule has 2 aromatic heterocycles. The summed E-state index contributed by atoms with van der Waals surface area (Å²) in [6.45, 7) is 4.71. The summed E-state index contributed by atoms with van der Waals surface area (Å²) >= 11 is 0. The molecule has 0 saturated carbocycles. The summed E-state index contributed by atoms with van der Waals surface area (Å²) in [5, 5.41) is 7.02. The molecule has 2 aromatic rings. The number of rotatable bonds is 7. The first-order valence-corrected chi connectivity index (χ1v) is 7.59. The van der Waals surface area contributed by atoms with Crippen molar-refractivity contribution >= 4 is 24.0 Å². The maximum atomic E-state index is 12.1. The average molecular weight is 342 g/mol. The Morgan fingerprint density at radius 3 is 2.65 bits per heavy atom. The van der Waals surface area contributed by atoms with E-state index in [1.165, 1.54) is 9.08 Å². The van der Waals surface area contributed by atoms with Gasteiger partial charge in [0.05, 0.1) is 6.54 Å². The molecule has 0 aliphatic carbocycles. The third-order valence-electron chi connectivity index (χ3n) is 4.08. The van der Waals surface area contributed by atoms with Crippen molar-refractivity contribution in [1.82, 2.24) is 19.5 Å². The summed E-state index contributed by atoms with van der Waals surface area (Å²) in [5.74, 6) is -0.124. The molecule has 2 heterocycles. The first kappa shape index (κ1) is 19.2. The van der Waals surface area contributed by atoms with E-state index >= 15 is 0 Å². The Kier molecular flexibility index (Phi) is 6.78. The molecule has 128 valence electrons. The van der Waals surface area contributed by atoms with E-state index < -0.39 is 0 Å². The lowest BCUT2D eigenvalue weighted by Gasteiger charge is -2.26. The highest BCUT2D eigenvalue weighted by atomic mass is 35.5. The summed E-state index contributed by atoms with van der Waals surface area (Å²) in [4.78, 5) is 24.0. The molecule has 0 spiro atoms. The smallest absolute Gasteiger partial charge is 0.350 e. The Hall–Kier alpha value is -1.86. The van der Waals surface area contributed by atoms with E-state index in [1.54, 1.807) is 18.3 Å². The highest BCUT2D eigenvalue weighted by molar-refractivity contribution is 5.85. The van der Waals surface area contributed by atoms with Crippen LogP contribution in [0.15, 0.2) is 29.2 Å². The van der Waals surface area contributed by atoms with Crippen LogP contribution in [0.4, 0.5) is 0 Å². The molecule has 7 nitrogen and oxygen atoms in total. The molecule has 0 fully saturated rings. The molecule has 8 heteroatoms. The van der Waals surface area contributed by atoms with Gasteiger partial charge in [0.1, 0.15) is 0 Å². The van der Waals surface area contributed by atoms with Gasteiger partial charge in [0, 0.05) is 24.7 Å². The van der Waals surface area contributed by atoms with Gasteiger partial charge in [-0.25, -0.2) is 9.48 Å². The molecule has 2 rings (SSSR count). The van der Waals surface area contributed by atoms with E-state index in [2.05, 4.69) is 10.4 Å². The molecule has 0 bridgehead atoms. The van der Waals surface area contributed by atoms with Crippen LogP contribution in [0, 0.1) is 0 Å². The Morgan fingerprint density at radius 1 is 1.35 bits per heavy atom. The summed E-state index contributed by atoms with van der Waals surface area (Å²) in [5.41, 5.74) is 6.11. The van der Waals surface area contributed by atoms with Crippen molar-refractivity contribution < 1.29 is 4.79 Å². The van der Waals surface area contributed by atoms with Gasteiger partial charge >= 0.3 is 5.69 Å². The van der Waals surface area contributed by atoms with Gasteiger partial charge in [-0.1, -0.05) is 19.9 Å². The van der Waals surface area contributed by atoms with Crippen LogP contribution in [0.3, 0.4) is 0 Å². The van der Waals surface area contributed by atoms with Gasteiger partial charge in [-0.2, -0.15) is 0 Å². The predicted molar refractivity (Wildman–Crippen MR) is 91.8 cm³/mol. The van der Waals surface area contributed by atoms with Gasteiger partial charge < -0.3 is 11.1 Å².